The summed E-state index contributed by atoms with van der Waals surface area (Å²) in [4.78, 5) is 24.8. The second-order valence-electron chi connectivity index (χ2n) is 6.40. The van der Waals surface area contributed by atoms with E-state index in [-0.39, 0.29) is 24.1 Å². The number of nitrogens with zero attached hydrogens (tertiary/aromatic N) is 2. The van der Waals surface area contributed by atoms with Crippen LogP contribution in [-0.4, -0.2) is 22.0 Å². The van der Waals surface area contributed by atoms with Gasteiger partial charge in [-0.25, -0.2) is 0 Å². The van der Waals surface area contributed by atoms with E-state index in [0.717, 1.165) is 11.3 Å². The minimum absolute atomic E-state index is 0.208. The van der Waals surface area contributed by atoms with Gasteiger partial charge in [-0.2, -0.15) is 0 Å². The van der Waals surface area contributed by atoms with E-state index in [1.54, 1.807) is 42.7 Å². The SMILES string of the molecule is O=C(NCc1ccco1)c1cccc(NC(=O)c2nnc(COc3ccccc3)s2)c1. The Hall–Kier alpha value is -3.98. The van der Waals surface area contributed by atoms with Gasteiger partial charge in [0.15, 0.2) is 5.01 Å². The molecule has 0 saturated heterocycles. The van der Waals surface area contributed by atoms with Gasteiger partial charge >= 0.3 is 0 Å². The van der Waals surface area contributed by atoms with Crippen LogP contribution in [0, 0.1) is 0 Å². The number of furan rings is 1. The first kappa shape index (κ1) is 20.3. The molecule has 0 fully saturated rings. The Morgan fingerprint density at radius 3 is 2.65 bits per heavy atom. The lowest BCUT2D eigenvalue weighted by Gasteiger charge is -2.07. The van der Waals surface area contributed by atoms with Gasteiger partial charge in [-0.05, 0) is 42.5 Å². The van der Waals surface area contributed by atoms with Crippen LogP contribution in [0.15, 0.2) is 77.4 Å². The normalized spacial score (nSPS) is 10.5. The van der Waals surface area contributed by atoms with Crippen molar-refractivity contribution in [3.8, 4) is 5.75 Å². The molecule has 31 heavy (non-hydrogen) atoms. The molecule has 0 aliphatic rings. The van der Waals surface area contributed by atoms with Gasteiger partial charge in [0.1, 0.15) is 18.1 Å². The predicted molar refractivity (Wildman–Crippen MR) is 115 cm³/mol. The summed E-state index contributed by atoms with van der Waals surface area (Å²) in [5.41, 5.74) is 0.895. The van der Waals surface area contributed by atoms with Gasteiger partial charge in [-0.3, -0.25) is 9.59 Å². The second-order valence-corrected chi connectivity index (χ2v) is 7.46. The Balaban J connectivity index is 1.33. The number of benzene rings is 2. The molecule has 0 saturated carbocycles. The summed E-state index contributed by atoms with van der Waals surface area (Å²) in [6, 6.07) is 19.5. The zero-order valence-electron chi connectivity index (χ0n) is 16.3. The molecule has 0 spiro atoms. The molecule has 0 radical (unpaired) electrons. The minimum atomic E-state index is -0.406. The van der Waals surface area contributed by atoms with Crippen molar-refractivity contribution in [3.05, 3.63) is 94.3 Å². The molecule has 2 aromatic heterocycles. The summed E-state index contributed by atoms with van der Waals surface area (Å²) in [5.74, 6) is 0.687. The standard InChI is InChI=1S/C22H18N4O4S/c27-20(23-13-18-10-5-11-29-18)15-6-4-7-16(12-15)24-21(28)22-26-25-19(31-22)14-30-17-8-2-1-3-9-17/h1-12H,13-14H2,(H,23,27)(H,24,28). The third-order valence-electron chi connectivity index (χ3n) is 4.15. The highest BCUT2D eigenvalue weighted by molar-refractivity contribution is 7.13. The highest BCUT2D eigenvalue weighted by Gasteiger charge is 2.15. The van der Waals surface area contributed by atoms with Gasteiger partial charge < -0.3 is 19.8 Å². The van der Waals surface area contributed by atoms with Gasteiger partial charge in [-0.15, -0.1) is 10.2 Å². The highest BCUT2D eigenvalue weighted by atomic mass is 32.1. The van der Waals surface area contributed by atoms with E-state index in [1.165, 1.54) is 0 Å². The zero-order chi connectivity index (χ0) is 21.5. The van der Waals surface area contributed by atoms with Crippen molar-refractivity contribution in [2.45, 2.75) is 13.2 Å². The maximum Gasteiger partial charge on any atom is 0.286 e. The number of rotatable bonds is 8. The Bertz CT molecular complexity index is 1160. The topological polar surface area (TPSA) is 106 Å². The summed E-state index contributed by atoms with van der Waals surface area (Å²) >= 11 is 1.15. The number of carbonyl (C=O) groups is 2. The number of para-hydroxylation sites is 1. The number of aromatic nitrogens is 2. The van der Waals surface area contributed by atoms with Crippen LogP contribution in [0.5, 0.6) is 5.75 Å². The van der Waals surface area contributed by atoms with Crippen LogP contribution < -0.4 is 15.4 Å². The van der Waals surface area contributed by atoms with Crippen LogP contribution in [0.25, 0.3) is 0 Å². The molecule has 4 rings (SSSR count). The van der Waals surface area contributed by atoms with Crippen LogP contribution >= 0.6 is 11.3 Å². The molecule has 2 amide bonds. The third kappa shape index (κ3) is 5.55. The number of amides is 2. The van der Waals surface area contributed by atoms with Crippen LogP contribution in [-0.2, 0) is 13.2 Å². The predicted octanol–water partition coefficient (Wildman–Crippen LogP) is 3.89. The quantitative estimate of drug-likeness (QED) is 0.436. The smallest absolute Gasteiger partial charge is 0.286 e. The average molecular weight is 434 g/mol. The highest BCUT2D eigenvalue weighted by Crippen LogP contribution is 2.17. The Kier molecular flexibility index (Phi) is 6.34. The van der Waals surface area contributed by atoms with E-state index in [9.17, 15) is 9.59 Å². The lowest BCUT2D eigenvalue weighted by atomic mass is 10.2. The van der Waals surface area contributed by atoms with E-state index in [2.05, 4.69) is 20.8 Å². The monoisotopic (exact) mass is 434 g/mol. The lowest BCUT2D eigenvalue weighted by Crippen LogP contribution is -2.22. The molecular formula is C22H18N4O4S. The number of nitrogens with one attached hydrogen (secondary N) is 2. The first-order valence-corrected chi connectivity index (χ1v) is 10.2. The fourth-order valence-corrected chi connectivity index (χ4v) is 3.32. The zero-order valence-corrected chi connectivity index (χ0v) is 17.1. The number of anilines is 1. The molecule has 0 bridgehead atoms. The summed E-state index contributed by atoms with van der Waals surface area (Å²) in [6.07, 6.45) is 1.55. The summed E-state index contributed by atoms with van der Waals surface area (Å²) < 4.78 is 10.8. The maximum absolute atomic E-state index is 12.5. The van der Waals surface area contributed by atoms with Gasteiger partial charge in [0.2, 0.25) is 5.01 Å². The molecule has 2 aromatic carbocycles. The van der Waals surface area contributed by atoms with Crippen LogP contribution in [0.1, 0.15) is 30.9 Å². The summed E-state index contributed by atoms with van der Waals surface area (Å²) in [6.45, 7) is 0.501. The van der Waals surface area contributed by atoms with Crippen LogP contribution in [0.3, 0.4) is 0 Å². The van der Waals surface area contributed by atoms with E-state index in [4.69, 9.17) is 9.15 Å². The van der Waals surface area contributed by atoms with Crippen molar-refractivity contribution in [2.75, 3.05) is 5.32 Å². The van der Waals surface area contributed by atoms with Crippen molar-refractivity contribution in [1.29, 1.82) is 0 Å². The number of hydrogen-bond donors (Lipinski definition) is 2. The van der Waals surface area contributed by atoms with Gasteiger partial charge in [0.25, 0.3) is 11.8 Å². The summed E-state index contributed by atoms with van der Waals surface area (Å²) in [7, 11) is 0. The van der Waals surface area contributed by atoms with Crippen molar-refractivity contribution in [3.63, 3.8) is 0 Å². The molecule has 0 atom stereocenters. The van der Waals surface area contributed by atoms with Crippen LogP contribution in [0.4, 0.5) is 5.69 Å². The maximum atomic E-state index is 12.5. The summed E-state index contributed by atoms with van der Waals surface area (Å²) in [5, 5.41) is 14.2. The van der Waals surface area contributed by atoms with E-state index in [0.29, 0.717) is 27.8 Å². The van der Waals surface area contributed by atoms with Crippen molar-refractivity contribution in [1.82, 2.24) is 15.5 Å². The molecule has 9 heteroatoms. The minimum Gasteiger partial charge on any atom is -0.486 e. The first-order chi connectivity index (χ1) is 15.2. The van der Waals surface area contributed by atoms with Crippen molar-refractivity contribution >= 4 is 28.8 Å². The molecule has 0 unspecified atom stereocenters. The Morgan fingerprint density at radius 1 is 0.968 bits per heavy atom. The largest absolute Gasteiger partial charge is 0.486 e. The molecule has 8 nitrogen and oxygen atoms in total. The van der Waals surface area contributed by atoms with Crippen LogP contribution in [0.2, 0.25) is 0 Å². The lowest BCUT2D eigenvalue weighted by molar-refractivity contribution is 0.0946. The van der Waals surface area contributed by atoms with Gasteiger partial charge in [0, 0.05) is 11.3 Å². The third-order valence-corrected chi connectivity index (χ3v) is 5.05. The van der Waals surface area contributed by atoms with E-state index in [1.807, 2.05) is 30.3 Å². The van der Waals surface area contributed by atoms with Gasteiger partial charge in [-0.1, -0.05) is 35.6 Å². The molecular weight excluding hydrogens is 416 g/mol. The van der Waals surface area contributed by atoms with E-state index >= 15 is 0 Å². The number of hydrogen-bond acceptors (Lipinski definition) is 7. The number of ether oxygens (including phenoxy) is 1. The fourth-order valence-electron chi connectivity index (χ4n) is 2.67. The second kappa shape index (κ2) is 9.68. The average Bonchev–Trinajstić information content (AvgIpc) is 3.49. The Morgan fingerprint density at radius 2 is 1.84 bits per heavy atom. The van der Waals surface area contributed by atoms with E-state index < -0.39 is 5.91 Å². The molecule has 2 heterocycles. The fraction of sp³-hybridized carbons (Fsp3) is 0.0909. The Labute approximate surface area is 181 Å². The molecule has 0 aliphatic heterocycles. The molecule has 156 valence electrons. The van der Waals surface area contributed by atoms with Crippen molar-refractivity contribution in [2.24, 2.45) is 0 Å². The first-order valence-electron chi connectivity index (χ1n) is 9.39. The van der Waals surface area contributed by atoms with Crippen molar-refractivity contribution < 1.29 is 18.7 Å². The molecule has 4 aromatic rings. The van der Waals surface area contributed by atoms with Gasteiger partial charge in [0.05, 0.1) is 12.8 Å². The molecule has 0 aliphatic carbocycles. The molecule has 2 N–H and O–H groups in total. The number of carbonyl (C=O) groups excluding carboxylic acids is 2.